The Morgan fingerprint density at radius 3 is 2.43 bits per heavy atom. The van der Waals surface area contributed by atoms with Crippen molar-refractivity contribution in [1.82, 2.24) is 9.88 Å². The molecule has 0 saturated heterocycles. The van der Waals surface area contributed by atoms with Gasteiger partial charge in [0.2, 0.25) is 0 Å². The highest BCUT2D eigenvalue weighted by Gasteiger charge is 2.08. The number of aromatic nitrogens is 1. The maximum absolute atomic E-state index is 12.0. The van der Waals surface area contributed by atoms with Gasteiger partial charge in [0.25, 0.3) is 5.91 Å². The largest absolute Gasteiger partial charge is 0.497 e. The van der Waals surface area contributed by atoms with Gasteiger partial charge in [-0.05, 0) is 56.2 Å². The first kappa shape index (κ1) is 15.2. The van der Waals surface area contributed by atoms with Gasteiger partial charge in [-0.25, -0.2) is 0 Å². The van der Waals surface area contributed by atoms with Crippen molar-refractivity contribution in [2.75, 3.05) is 13.7 Å². The van der Waals surface area contributed by atoms with Crippen LogP contribution in [0.3, 0.4) is 0 Å². The topological polar surface area (TPSA) is 43.3 Å². The van der Waals surface area contributed by atoms with Gasteiger partial charge in [-0.3, -0.25) is 4.79 Å². The second kappa shape index (κ2) is 6.48. The number of carbonyl (C=O) groups is 1. The first-order valence-corrected chi connectivity index (χ1v) is 7.07. The zero-order valence-corrected chi connectivity index (χ0v) is 13.1. The summed E-state index contributed by atoms with van der Waals surface area (Å²) in [7, 11) is 3.67. The lowest BCUT2D eigenvalue weighted by Crippen LogP contribution is -2.25. The Hall–Kier alpha value is -2.23. The Labute approximate surface area is 125 Å². The van der Waals surface area contributed by atoms with Crippen LogP contribution >= 0.6 is 0 Å². The first-order valence-electron chi connectivity index (χ1n) is 7.07. The third-order valence-electron chi connectivity index (χ3n) is 3.91. The minimum absolute atomic E-state index is 0.0528. The van der Waals surface area contributed by atoms with Gasteiger partial charge < -0.3 is 14.6 Å². The molecule has 0 radical (unpaired) electrons. The van der Waals surface area contributed by atoms with Crippen LogP contribution in [0.1, 0.15) is 27.3 Å². The molecule has 0 saturated carbocycles. The van der Waals surface area contributed by atoms with Crippen LogP contribution < -0.4 is 10.1 Å². The summed E-state index contributed by atoms with van der Waals surface area (Å²) in [5.74, 6) is 0.699. The second-order valence-electron chi connectivity index (χ2n) is 5.19. The molecule has 0 spiro atoms. The van der Waals surface area contributed by atoms with Crippen molar-refractivity contribution >= 4 is 5.91 Å². The molecule has 2 aromatic rings. The number of nitrogens with one attached hydrogen (secondary N) is 1. The molecule has 1 heterocycles. The van der Waals surface area contributed by atoms with Crippen molar-refractivity contribution in [2.45, 2.75) is 20.3 Å². The maximum Gasteiger partial charge on any atom is 0.251 e. The third-order valence-corrected chi connectivity index (χ3v) is 3.91. The van der Waals surface area contributed by atoms with Crippen molar-refractivity contribution in [3.8, 4) is 5.75 Å². The molecule has 1 aromatic heterocycles. The number of benzene rings is 1. The number of aryl methyl sites for hydroxylation is 1. The predicted molar refractivity (Wildman–Crippen MR) is 83.9 cm³/mol. The zero-order valence-electron chi connectivity index (χ0n) is 13.1. The van der Waals surface area contributed by atoms with E-state index in [1.54, 1.807) is 31.4 Å². The summed E-state index contributed by atoms with van der Waals surface area (Å²) >= 11 is 0. The average molecular weight is 286 g/mol. The van der Waals surface area contributed by atoms with E-state index in [9.17, 15) is 4.79 Å². The van der Waals surface area contributed by atoms with E-state index >= 15 is 0 Å². The Morgan fingerprint density at radius 1 is 1.24 bits per heavy atom. The fourth-order valence-electron chi connectivity index (χ4n) is 2.34. The summed E-state index contributed by atoms with van der Waals surface area (Å²) in [5, 5.41) is 2.95. The van der Waals surface area contributed by atoms with E-state index in [4.69, 9.17) is 4.74 Å². The van der Waals surface area contributed by atoms with E-state index in [0.29, 0.717) is 12.1 Å². The molecule has 0 atom stereocenters. The van der Waals surface area contributed by atoms with Crippen LogP contribution in [0.2, 0.25) is 0 Å². The molecule has 0 unspecified atom stereocenters. The molecule has 0 aliphatic carbocycles. The number of rotatable bonds is 5. The van der Waals surface area contributed by atoms with Crippen LogP contribution in [-0.4, -0.2) is 24.1 Å². The predicted octanol–water partition coefficient (Wildman–Crippen LogP) is 2.62. The smallest absolute Gasteiger partial charge is 0.251 e. The van der Waals surface area contributed by atoms with Crippen molar-refractivity contribution in [3.63, 3.8) is 0 Å². The van der Waals surface area contributed by atoms with Crippen LogP contribution in [0, 0.1) is 13.8 Å². The van der Waals surface area contributed by atoms with E-state index in [1.807, 2.05) is 0 Å². The highest BCUT2D eigenvalue weighted by atomic mass is 16.5. The molecule has 4 nitrogen and oxygen atoms in total. The fourth-order valence-corrected chi connectivity index (χ4v) is 2.34. The van der Waals surface area contributed by atoms with Crippen LogP contribution in [0.15, 0.2) is 30.3 Å². The molecular weight excluding hydrogens is 264 g/mol. The van der Waals surface area contributed by atoms with Gasteiger partial charge in [-0.2, -0.15) is 0 Å². The minimum atomic E-state index is -0.0528. The van der Waals surface area contributed by atoms with Crippen molar-refractivity contribution < 1.29 is 9.53 Å². The quantitative estimate of drug-likeness (QED) is 0.918. The molecule has 0 aliphatic heterocycles. The van der Waals surface area contributed by atoms with Crippen molar-refractivity contribution in [1.29, 1.82) is 0 Å². The number of methoxy groups -OCH3 is 1. The van der Waals surface area contributed by atoms with Crippen molar-refractivity contribution in [2.24, 2.45) is 7.05 Å². The summed E-state index contributed by atoms with van der Waals surface area (Å²) in [6.07, 6.45) is 0.843. The Morgan fingerprint density at radius 2 is 1.90 bits per heavy atom. The molecule has 0 aliphatic rings. The fraction of sp³-hybridized carbons (Fsp3) is 0.353. The van der Waals surface area contributed by atoms with E-state index in [0.717, 1.165) is 12.2 Å². The van der Waals surface area contributed by atoms with Crippen molar-refractivity contribution in [3.05, 3.63) is 52.8 Å². The van der Waals surface area contributed by atoms with E-state index in [2.05, 4.69) is 36.8 Å². The summed E-state index contributed by atoms with van der Waals surface area (Å²) in [6, 6.07) is 9.30. The van der Waals surface area contributed by atoms with Gasteiger partial charge in [0.1, 0.15) is 5.75 Å². The van der Waals surface area contributed by atoms with Gasteiger partial charge in [-0.1, -0.05) is 0 Å². The number of hydrogen-bond donors (Lipinski definition) is 1. The van der Waals surface area contributed by atoms with Crippen LogP contribution in [0.25, 0.3) is 0 Å². The van der Waals surface area contributed by atoms with E-state index in [-0.39, 0.29) is 5.91 Å². The molecular formula is C17H22N2O2. The maximum atomic E-state index is 12.0. The third kappa shape index (κ3) is 3.45. The molecule has 0 bridgehead atoms. The van der Waals surface area contributed by atoms with Gasteiger partial charge in [0.05, 0.1) is 7.11 Å². The zero-order chi connectivity index (χ0) is 15.4. The van der Waals surface area contributed by atoms with Gasteiger partial charge in [0.15, 0.2) is 0 Å². The summed E-state index contributed by atoms with van der Waals surface area (Å²) in [6.45, 7) is 4.83. The molecule has 112 valence electrons. The lowest BCUT2D eigenvalue weighted by molar-refractivity contribution is 0.0954. The minimum Gasteiger partial charge on any atom is -0.497 e. The number of carbonyl (C=O) groups excluding carboxylic acids is 1. The highest BCUT2D eigenvalue weighted by molar-refractivity contribution is 5.94. The standard InChI is InChI=1S/C17H22N2O2/c1-12-11-15(13(2)19(12)3)9-10-18-17(20)14-5-7-16(21-4)8-6-14/h5-8,11H,9-10H2,1-4H3,(H,18,20). The molecule has 21 heavy (non-hydrogen) atoms. The Kier molecular flexibility index (Phi) is 4.68. The second-order valence-corrected chi connectivity index (χ2v) is 5.19. The van der Waals surface area contributed by atoms with Crippen LogP contribution in [0.4, 0.5) is 0 Å². The first-order chi connectivity index (χ1) is 10.0. The Balaban J connectivity index is 1.90. The van der Waals surface area contributed by atoms with E-state index in [1.165, 1.54) is 17.0 Å². The molecule has 1 amide bonds. The van der Waals surface area contributed by atoms with Crippen LogP contribution in [-0.2, 0) is 13.5 Å². The van der Waals surface area contributed by atoms with Gasteiger partial charge in [-0.15, -0.1) is 0 Å². The normalized spacial score (nSPS) is 10.5. The van der Waals surface area contributed by atoms with Gasteiger partial charge in [0, 0.05) is 30.5 Å². The Bertz CT molecular complexity index is 627. The summed E-state index contributed by atoms with van der Waals surface area (Å²) < 4.78 is 7.25. The number of nitrogens with zero attached hydrogens (tertiary/aromatic N) is 1. The molecule has 1 aromatic carbocycles. The monoisotopic (exact) mass is 286 g/mol. The molecule has 4 heteroatoms. The summed E-state index contributed by atoms with van der Waals surface area (Å²) in [5.41, 5.74) is 4.43. The highest BCUT2D eigenvalue weighted by Crippen LogP contribution is 2.14. The number of hydrogen-bond acceptors (Lipinski definition) is 2. The van der Waals surface area contributed by atoms with Gasteiger partial charge >= 0.3 is 0 Å². The average Bonchev–Trinajstić information content (AvgIpc) is 2.74. The molecule has 0 fully saturated rings. The lowest BCUT2D eigenvalue weighted by atomic mass is 10.1. The van der Waals surface area contributed by atoms with E-state index < -0.39 is 0 Å². The van der Waals surface area contributed by atoms with Crippen LogP contribution in [0.5, 0.6) is 5.75 Å². The number of ether oxygens (including phenoxy) is 1. The lowest BCUT2D eigenvalue weighted by Gasteiger charge is -2.06. The number of amides is 1. The molecule has 2 rings (SSSR count). The summed E-state index contributed by atoms with van der Waals surface area (Å²) in [4.78, 5) is 12.0. The molecule has 1 N–H and O–H groups in total. The SMILES string of the molecule is COc1ccc(C(=O)NCCc2cc(C)n(C)c2C)cc1.